The van der Waals surface area contributed by atoms with Crippen molar-refractivity contribution in [3.8, 4) is 0 Å². The molecular weight excluding hydrogens is 404 g/mol. The van der Waals surface area contributed by atoms with Crippen molar-refractivity contribution in [2.45, 2.75) is 57.1 Å². The summed E-state index contributed by atoms with van der Waals surface area (Å²) in [5, 5.41) is 17.6. The molecule has 0 spiro atoms. The summed E-state index contributed by atoms with van der Waals surface area (Å²) < 4.78 is 5.61. The Bertz CT molecular complexity index is 1110. The Hall–Kier alpha value is -3.12. The van der Waals surface area contributed by atoms with Gasteiger partial charge in [0.2, 0.25) is 5.91 Å². The summed E-state index contributed by atoms with van der Waals surface area (Å²) in [7, 11) is 0. The normalized spacial score (nSPS) is 23.5. The maximum Gasteiger partial charge on any atom is 0.251 e. The van der Waals surface area contributed by atoms with Crippen LogP contribution in [-0.2, 0) is 10.2 Å². The van der Waals surface area contributed by atoms with Crippen molar-refractivity contribution in [2.75, 3.05) is 6.54 Å². The molecule has 3 atom stereocenters. The minimum absolute atomic E-state index is 0.135. The van der Waals surface area contributed by atoms with Gasteiger partial charge in [-0.3, -0.25) is 9.59 Å². The number of rotatable bonds is 5. The van der Waals surface area contributed by atoms with Crippen molar-refractivity contribution >= 4 is 22.8 Å². The van der Waals surface area contributed by atoms with Crippen LogP contribution in [0.5, 0.6) is 0 Å². The fourth-order valence-corrected chi connectivity index (χ4v) is 4.83. The highest BCUT2D eigenvalue weighted by Gasteiger charge is 2.38. The van der Waals surface area contributed by atoms with Gasteiger partial charge < -0.3 is 20.2 Å². The molecule has 32 heavy (non-hydrogen) atoms. The molecule has 1 saturated carbocycles. The van der Waals surface area contributed by atoms with Gasteiger partial charge in [-0.25, -0.2) is 0 Å². The number of fused-ring (bicyclic) bond motifs is 1. The summed E-state index contributed by atoms with van der Waals surface area (Å²) in [5.41, 5.74) is 2.17. The van der Waals surface area contributed by atoms with E-state index < -0.39 is 6.10 Å². The maximum atomic E-state index is 13.0. The molecular formula is C26H30N2O4. The average Bonchev–Trinajstić information content (AvgIpc) is 3.09. The van der Waals surface area contributed by atoms with Crippen molar-refractivity contribution < 1.29 is 19.1 Å². The van der Waals surface area contributed by atoms with Gasteiger partial charge in [-0.05, 0) is 62.4 Å². The third-order valence-corrected chi connectivity index (χ3v) is 6.58. The summed E-state index contributed by atoms with van der Waals surface area (Å²) in [6.07, 6.45) is 2.06. The number of carbonyl (C=O) groups is 2. The zero-order chi connectivity index (χ0) is 22.7. The quantitative estimate of drug-likeness (QED) is 0.532. The Kier molecular flexibility index (Phi) is 6.33. The average molecular weight is 435 g/mol. The van der Waals surface area contributed by atoms with Crippen LogP contribution in [0.2, 0.25) is 0 Å². The Morgan fingerprint density at radius 1 is 1.09 bits per heavy atom. The number of aliphatic hydroxyl groups excluding tert-OH is 1. The SMILES string of the molecule is CC(=O)N[C@H]1CC[C@](CNC(=O)c2ccc3oc(C)cc3c2)(c2ccccc2)CC[C@@H]1O. The lowest BCUT2D eigenvalue weighted by atomic mass is 9.74. The van der Waals surface area contributed by atoms with Crippen molar-refractivity contribution in [3.05, 3.63) is 71.5 Å². The van der Waals surface area contributed by atoms with Crippen LogP contribution in [0.15, 0.2) is 59.0 Å². The molecule has 1 aliphatic carbocycles. The first-order valence-electron chi connectivity index (χ1n) is 11.2. The first-order valence-corrected chi connectivity index (χ1v) is 11.2. The summed E-state index contributed by atoms with van der Waals surface area (Å²) in [6.45, 7) is 3.82. The van der Waals surface area contributed by atoms with Crippen molar-refractivity contribution in [3.63, 3.8) is 0 Å². The van der Waals surface area contributed by atoms with E-state index in [1.54, 1.807) is 6.07 Å². The Balaban J connectivity index is 1.55. The van der Waals surface area contributed by atoms with Crippen LogP contribution >= 0.6 is 0 Å². The zero-order valence-electron chi connectivity index (χ0n) is 18.6. The number of furan rings is 1. The Morgan fingerprint density at radius 2 is 1.84 bits per heavy atom. The van der Waals surface area contributed by atoms with E-state index in [1.807, 2.05) is 43.3 Å². The van der Waals surface area contributed by atoms with E-state index >= 15 is 0 Å². The summed E-state index contributed by atoms with van der Waals surface area (Å²) in [5.74, 6) is 0.537. The van der Waals surface area contributed by atoms with E-state index in [0.717, 1.165) is 28.7 Å². The zero-order valence-corrected chi connectivity index (χ0v) is 18.6. The van der Waals surface area contributed by atoms with Gasteiger partial charge >= 0.3 is 0 Å². The van der Waals surface area contributed by atoms with E-state index in [9.17, 15) is 14.7 Å². The minimum atomic E-state index is -0.605. The van der Waals surface area contributed by atoms with E-state index in [4.69, 9.17) is 4.42 Å². The largest absolute Gasteiger partial charge is 0.461 e. The molecule has 6 heteroatoms. The lowest BCUT2D eigenvalue weighted by Crippen LogP contribution is -2.42. The van der Waals surface area contributed by atoms with Crippen molar-refractivity contribution in [1.29, 1.82) is 0 Å². The van der Waals surface area contributed by atoms with Gasteiger partial charge in [0.1, 0.15) is 11.3 Å². The molecule has 0 aliphatic heterocycles. The van der Waals surface area contributed by atoms with Crippen LogP contribution < -0.4 is 10.6 Å². The van der Waals surface area contributed by atoms with Gasteiger partial charge in [0.25, 0.3) is 5.91 Å². The number of amides is 2. The van der Waals surface area contributed by atoms with Gasteiger partial charge in [-0.1, -0.05) is 30.3 Å². The summed E-state index contributed by atoms with van der Waals surface area (Å²) in [6, 6.07) is 17.2. The Morgan fingerprint density at radius 3 is 2.59 bits per heavy atom. The number of aliphatic hydroxyl groups is 1. The van der Waals surface area contributed by atoms with Crippen LogP contribution in [0.1, 0.15) is 54.3 Å². The first-order chi connectivity index (χ1) is 15.4. The van der Waals surface area contributed by atoms with Crippen molar-refractivity contribution in [1.82, 2.24) is 10.6 Å². The molecule has 0 radical (unpaired) electrons. The lowest BCUT2D eigenvalue weighted by Gasteiger charge is -2.34. The minimum Gasteiger partial charge on any atom is -0.461 e. The number of hydrogen-bond donors (Lipinski definition) is 3. The van der Waals surface area contributed by atoms with Crippen LogP contribution in [-0.4, -0.2) is 35.6 Å². The number of nitrogens with one attached hydrogen (secondary N) is 2. The van der Waals surface area contributed by atoms with Crippen LogP contribution in [0.25, 0.3) is 11.0 Å². The topological polar surface area (TPSA) is 91.6 Å². The van der Waals surface area contributed by atoms with E-state index in [1.165, 1.54) is 6.92 Å². The molecule has 6 nitrogen and oxygen atoms in total. The molecule has 1 aliphatic rings. The highest BCUT2D eigenvalue weighted by molar-refractivity contribution is 5.97. The molecule has 3 N–H and O–H groups in total. The fraction of sp³-hybridized carbons (Fsp3) is 0.385. The van der Waals surface area contributed by atoms with E-state index in [2.05, 4.69) is 22.8 Å². The summed E-state index contributed by atoms with van der Waals surface area (Å²) in [4.78, 5) is 24.6. The first kappa shape index (κ1) is 22.1. The lowest BCUT2D eigenvalue weighted by molar-refractivity contribution is -0.120. The standard InChI is InChI=1S/C26H30N2O4/c1-17-14-20-15-19(8-9-24(20)32-17)25(31)27-16-26(21-6-4-3-5-7-21)12-10-22(28-18(2)29)23(30)11-13-26/h3-9,14-15,22-23,30H,10-13,16H2,1-2H3,(H,27,31)(H,28,29)/t22-,23-,26-/m0/s1. The molecule has 2 aromatic carbocycles. The molecule has 1 aromatic heterocycles. The molecule has 3 aromatic rings. The monoisotopic (exact) mass is 434 g/mol. The maximum absolute atomic E-state index is 13.0. The van der Waals surface area contributed by atoms with E-state index in [0.29, 0.717) is 31.4 Å². The van der Waals surface area contributed by atoms with Gasteiger partial charge in [0, 0.05) is 29.8 Å². The van der Waals surface area contributed by atoms with E-state index in [-0.39, 0.29) is 23.3 Å². The molecule has 0 unspecified atom stereocenters. The second-order valence-electron chi connectivity index (χ2n) is 8.89. The highest BCUT2D eigenvalue weighted by atomic mass is 16.3. The second kappa shape index (κ2) is 9.17. The number of carbonyl (C=O) groups excluding carboxylic acids is 2. The second-order valence-corrected chi connectivity index (χ2v) is 8.89. The number of aryl methyl sites for hydroxylation is 1. The Labute approximate surface area is 188 Å². The molecule has 168 valence electrons. The van der Waals surface area contributed by atoms with Gasteiger partial charge in [-0.15, -0.1) is 0 Å². The molecule has 1 heterocycles. The predicted octanol–water partition coefficient (Wildman–Crippen LogP) is 3.85. The van der Waals surface area contributed by atoms with Crippen LogP contribution in [0, 0.1) is 6.92 Å². The third-order valence-electron chi connectivity index (χ3n) is 6.58. The van der Waals surface area contributed by atoms with Crippen LogP contribution in [0.3, 0.4) is 0 Å². The number of benzene rings is 2. The number of hydrogen-bond acceptors (Lipinski definition) is 4. The highest BCUT2D eigenvalue weighted by Crippen LogP contribution is 2.38. The summed E-state index contributed by atoms with van der Waals surface area (Å²) >= 11 is 0. The molecule has 4 rings (SSSR count). The molecule has 1 fully saturated rings. The van der Waals surface area contributed by atoms with Crippen LogP contribution in [0.4, 0.5) is 0 Å². The predicted molar refractivity (Wildman–Crippen MR) is 123 cm³/mol. The third kappa shape index (κ3) is 4.70. The van der Waals surface area contributed by atoms with Gasteiger partial charge in [-0.2, -0.15) is 0 Å². The van der Waals surface area contributed by atoms with Gasteiger partial charge in [0.05, 0.1) is 12.1 Å². The van der Waals surface area contributed by atoms with Gasteiger partial charge in [0.15, 0.2) is 0 Å². The molecule has 0 saturated heterocycles. The molecule has 2 amide bonds. The van der Waals surface area contributed by atoms with Crippen molar-refractivity contribution in [2.24, 2.45) is 0 Å². The smallest absolute Gasteiger partial charge is 0.251 e. The fourth-order valence-electron chi connectivity index (χ4n) is 4.83. The molecule has 0 bridgehead atoms.